The molecule has 1 unspecified atom stereocenters. The molecule has 1 aliphatic heterocycles. The van der Waals surface area contributed by atoms with E-state index in [9.17, 15) is 23.5 Å². The number of likely N-dealkylation sites (tertiary alicyclic amines) is 1. The van der Waals surface area contributed by atoms with Crippen LogP contribution in [0.15, 0.2) is 12.1 Å². The number of piperidine rings is 1. The van der Waals surface area contributed by atoms with Crippen molar-refractivity contribution in [2.75, 3.05) is 13.1 Å². The summed E-state index contributed by atoms with van der Waals surface area (Å²) in [6.45, 7) is 0.0993. The van der Waals surface area contributed by atoms with E-state index in [0.29, 0.717) is 12.8 Å². The van der Waals surface area contributed by atoms with Crippen LogP contribution < -0.4 is 5.73 Å². The summed E-state index contributed by atoms with van der Waals surface area (Å²) >= 11 is 5.45. The molecule has 0 bridgehead atoms. The third-order valence-electron chi connectivity index (χ3n) is 3.59. The lowest BCUT2D eigenvalue weighted by Crippen LogP contribution is -2.52. The van der Waals surface area contributed by atoms with E-state index in [1.807, 2.05) is 0 Å². The van der Waals surface area contributed by atoms with Crippen LogP contribution in [0.2, 0.25) is 5.02 Å². The van der Waals surface area contributed by atoms with Crippen molar-refractivity contribution in [2.45, 2.75) is 24.9 Å². The van der Waals surface area contributed by atoms with Crippen LogP contribution in [0.1, 0.15) is 29.6 Å². The molecule has 1 saturated heterocycles. The predicted molar refractivity (Wildman–Crippen MR) is 75.3 cm³/mol. The van der Waals surface area contributed by atoms with Gasteiger partial charge in [-0.1, -0.05) is 11.6 Å². The van der Waals surface area contributed by atoms with Crippen molar-refractivity contribution in [3.8, 4) is 0 Å². The summed E-state index contributed by atoms with van der Waals surface area (Å²) in [6, 6.07) is 1.45. The SMILES string of the molecule is NC(=O)CC1(O)CCCN(C(=O)c2cc(F)c(Cl)cc2F)C1. The number of β-amino-alcohol motifs (C(OH)–C–C–N with tert-alkyl or cyclic N) is 1. The largest absolute Gasteiger partial charge is 0.388 e. The summed E-state index contributed by atoms with van der Waals surface area (Å²) in [7, 11) is 0. The zero-order chi connectivity index (χ0) is 16.5. The minimum Gasteiger partial charge on any atom is -0.388 e. The normalized spacial score (nSPS) is 21.7. The lowest BCUT2D eigenvalue weighted by Gasteiger charge is -2.38. The van der Waals surface area contributed by atoms with Crippen molar-refractivity contribution in [3.05, 3.63) is 34.4 Å². The highest BCUT2D eigenvalue weighted by atomic mass is 35.5. The number of nitrogens with two attached hydrogens (primary N) is 1. The average Bonchev–Trinajstić information content (AvgIpc) is 2.40. The number of halogens is 3. The topological polar surface area (TPSA) is 83.6 Å². The zero-order valence-electron chi connectivity index (χ0n) is 11.6. The van der Waals surface area contributed by atoms with Crippen LogP contribution in [-0.4, -0.2) is 40.5 Å². The van der Waals surface area contributed by atoms with E-state index in [0.717, 1.165) is 12.1 Å². The molecule has 22 heavy (non-hydrogen) atoms. The standard InChI is InChI=1S/C14H15ClF2N2O3/c15-9-5-10(16)8(4-11(9)17)13(21)19-3-1-2-14(22,7-19)6-12(18)20/h4-5,22H,1-3,6-7H2,(H2,18,20). The quantitative estimate of drug-likeness (QED) is 0.822. The Balaban J connectivity index is 2.22. The fourth-order valence-electron chi connectivity index (χ4n) is 2.61. The molecule has 5 nitrogen and oxygen atoms in total. The van der Waals surface area contributed by atoms with Crippen molar-refractivity contribution >= 4 is 23.4 Å². The van der Waals surface area contributed by atoms with Gasteiger partial charge in [0, 0.05) is 6.54 Å². The first kappa shape index (κ1) is 16.6. The first-order chi connectivity index (χ1) is 10.2. The molecule has 0 aliphatic carbocycles. The Morgan fingerprint density at radius 2 is 2.05 bits per heavy atom. The summed E-state index contributed by atoms with van der Waals surface area (Å²) in [5.74, 6) is -3.31. The van der Waals surface area contributed by atoms with Gasteiger partial charge in [-0.25, -0.2) is 8.78 Å². The van der Waals surface area contributed by atoms with Gasteiger partial charge in [0.2, 0.25) is 5.91 Å². The summed E-state index contributed by atoms with van der Waals surface area (Å²) in [5, 5.41) is 9.87. The van der Waals surface area contributed by atoms with Crippen LogP contribution in [0, 0.1) is 11.6 Å². The fraction of sp³-hybridized carbons (Fsp3) is 0.429. The molecule has 3 N–H and O–H groups in total. The van der Waals surface area contributed by atoms with E-state index in [4.69, 9.17) is 17.3 Å². The van der Waals surface area contributed by atoms with Gasteiger partial charge >= 0.3 is 0 Å². The number of amides is 2. The second-order valence-electron chi connectivity index (χ2n) is 5.44. The smallest absolute Gasteiger partial charge is 0.257 e. The van der Waals surface area contributed by atoms with E-state index in [2.05, 4.69) is 0 Å². The number of rotatable bonds is 3. The van der Waals surface area contributed by atoms with Crippen molar-refractivity contribution in [1.82, 2.24) is 4.90 Å². The molecule has 1 aromatic rings. The number of carbonyl (C=O) groups is 2. The molecule has 2 amide bonds. The van der Waals surface area contributed by atoms with Gasteiger partial charge in [-0.15, -0.1) is 0 Å². The molecule has 0 radical (unpaired) electrons. The molecule has 8 heteroatoms. The third kappa shape index (κ3) is 3.53. The first-order valence-electron chi connectivity index (χ1n) is 6.66. The van der Waals surface area contributed by atoms with E-state index < -0.39 is 39.6 Å². The van der Waals surface area contributed by atoms with Crippen molar-refractivity contribution < 1.29 is 23.5 Å². The summed E-state index contributed by atoms with van der Waals surface area (Å²) in [6.07, 6.45) is 0.429. The molecular formula is C14H15ClF2N2O3. The highest BCUT2D eigenvalue weighted by Gasteiger charge is 2.37. The number of carbonyl (C=O) groups excluding carboxylic acids is 2. The first-order valence-corrected chi connectivity index (χ1v) is 7.04. The Labute approximate surface area is 130 Å². The van der Waals surface area contributed by atoms with Crippen LogP contribution in [0.5, 0.6) is 0 Å². The zero-order valence-corrected chi connectivity index (χ0v) is 12.4. The molecule has 1 heterocycles. The Hall–Kier alpha value is -1.73. The van der Waals surface area contributed by atoms with E-state index in [-0.39, 0.29) is 19.5 Å². The highest BCUT2D eigenvalue weighted by Crippen LogP contribution is 2.27. The van der Waals surface area contributed by atoms with Crippen molar-refractivity contribution in [3.63, 3.8) is 0 Å². The molecule has 1 fully saturated rings. The monoisotopic (exact) mass is 332 g/mol. The van der Waals surface area contributed by atoms with Crippen LogP contribution >= 0.6 is 11.6 Å². The maximum Gasteiger partial charge on any atom is 0.257 e. The van der Waals surface area contributed by atoms with Crippen LogP contribution in [0.4, 0.5) is 8.78 Å². The Morgan fingerprint density at radius 1 is 1.36 bits per heavy atom. The fourth-order valence-corrected chi connectivity index (χ4v) is 2.76. The number of primary amides is 1. The maximum atomic E-state index is 13.8. The Kier molecular flexibility index (Phi) is 4.67. The van der Waals surface area contributed by atoms with Gasteiger partial charge in [0.1, 0.15) is 11.6 Å². The molecule has 0 saturated carbocycles. The Morgan fingerprint density at radius 3 is 2.68 bits per heavy atom. The van der Waals surface area contributed by atoms with Gasteiger partial charge in [0.15, 0.2) is 0 Å². The van der Waals surface area contributed by atoms with Gasteiger partial charge < -0.3 is 15.7 Å². The van der Waals surface area contributed by atoms with Gasteiger partial charge in [0.05, 0.1) is 29.2 Å². The van der Waals surface area contributed by atoms with E-state index in [1.165, 1.54) is 4.90 Å². The predicted octanol–water partition coefficient (Wildman–Crippen LogP) is 1.46. The molecular weight excluding hydrogens is 318 g/mol. The van der Waals surface area contributed by atoms with Crippen molar-refractivity contribution in [1.29, 1.82) is 0 Å². The molecule has 2 rings (SSSR count). The molecule has 1 aromatic carbocycles. The van der Waals surface area contributed by atoms with E-state index in [1.54, 1.807) is 0 Å². The summed E-state index contributed by atoms with van der Waals surface area (Å²) in [5.41, 5.74) is 3.16. The van der Waals surface area contributed by atoms with Gasteiger partial charge in [-0.05, 0) is 25.0 Å². The van der Waals surface area contributed by atoms with E-state index >= 15 is 0 Å². The summed E-state index contributed by atoms with van der Waals surface area (Å²) < 4.78 is 27.2. The molecule has 0 spiro atoms. The lowest BCUT2D eigenvalue weighted by molar-refractivity contribution is -0.125. The third-order valence-corrected chi connectivity index (χ3v) is 3.88. The van der Waals surface area contributed by atoms with Gasteiger partial charge in [-0.2, -0.15) is 0 Å². The average molecular weight is 333 g/mol. The number of nitrogens with zero attached hydrogens (tertiary/aromatic N) is 1. The Bertz CT molecular complexity index is 626. The number of hydrogen-bond acceptors (Lipinski definition) is 3. The lowest BCUT2D eigenvalue weighted by atomic mass is 9.89. The summed E-state index contributed by atoms with van der Waals surface area (Å²) in [4.78, 5) is 24.5. The minimum absolute atomic E-state index is 0.168. The molecule has 120 valence electrons. The maximum absolute atomic E-state index is 13.8. The van der Waals surface area contributed by atoms with Crippen molar-refractivity contribution in [2.24, 2.45) is 5.73 Å². The van der Waals surface area contributed by atoms with Crippen LogP contribution in [0.25, 0.3) is 0 Å². The van der Waals surface area contributed by atoms with Crippen LogP contribution in [0.3, 0.4) is 0 Å². The minimum atomic E-state index is -1.44. The second-order valence-corrected chi connectivity index (χ2v) is 5.85. The number of aliphatic hydroxyl groups is 1. The molecule has 1 atom stereocenters. The van der Waals surface area contributed by atoms with Crippen LogP contribution in [-0.2, 0) is 4.79 Å². The van der Waals surface area contributed by atoms with Gasteiger partial charge in [0.25, 0.3) is 5.91 Å². The molecule has 1 aliphatic rings. The molecule has 0 aromatic heterocycles. The highest BCUT2D eigenvalue weighted by molar-refractivity contribution is 6.30. The number of benzene rings is 1. The number of hydrogen-bond donors (Lipinski definition) is 2. The second kappa shape index (κ2) is 6.18. The van der Waals surface area contributed by atoms with Gasteiger partial charge in [-0.3, -0.25) is 9.59 Å².